The molecule has 0 unspecified atom stereocenters. The Morgan fingerprint density at radius 3 is 2.26 bits per heavy atom. The standard InChI is InChI=1S/C30H42ClN5O3/c1-30(2,3)39-29(38)35-14-12-22(13-15-35)27-26(21-32-36(27)25-11-7-8-23(31)20-25)28(37)34-18-16-33(17-19-34)24-9-5-4-6-10-24/h7-8,11,20-22,24H,4-6,9-10,12-19H2,1-3H3. The van der Waals surface area contributed by atoms with Crippen LogP contribution in [0.15, 0.2) is 30.5 Å². The molecule has 1 aromatic heterocycles. The molecule has 2 amide bonds. The van der Waals surface area contributed by atoms with E-state index in [1.165, 1.54) is 32.1 Å². The van der Waals surface area contributed by atoms with Crippen molar-refractivity contribution in [3.05, 3.63) is 46.7 Å². The zero-order chi connectivity index (χ0) is 27.6. The van der Waals surface area contributed by atoms with E-state index in [1.54, 1.807) is 11.1 Å². The van der Waals surface area contributed by atoms with Crippen molar-refractivity contribution in [3.8, 4) is 5.69 Å². The number of benzene rings is 1. The Morgan fingerprint density at radius 1 is 0.923 bits per heavy atom. The lowest BCUT2D eigenvalue weighted by Gasteiger charge is -2.41. The molecule has 212 valence electrons. The second-order valence-electron chi connectivity index (χ2n) is 12.2. The fraction of sp³-hybridized carbons (Fsp3) is 0.633. The first-order valence-corrected chi connectivity index (χ1v) is 14.9. The molecule has 0 atom stereocenters. The summed E-state index contributed by atoms with van der Waals surface area (Å²) in [6.07, 6.45) is 9.49. The van der Waals surface area contributed by atoms with Crippen molar-refractivity contribution < 1.29 is 14.3 Å². The number of ether oxygens (including phenoxy) is 1. The number of likely N-dealkylation sites (tertiary alicyclic amines) is 1. The zero-order valence-corrected chi connectivity index (χ0v) is 24.3. The first-order valence-electron chi connectivity index (χ1n) is 14.5. The molecular weight excluding hydrogens is 514 g/mol. The highest BCUT2D eigenvalue weighted by Crippen LogP contribution is 2.34. The van der Waals surface area contributed by atoms with Gasteiger partial charge in [-0.25, -0.2) is 9.48 Å². The largest absolute Gasteiger partial charge is 0.444 e. The quantitative estimate of drug-likeness (QED) is 0.482. The molecule has 39 heavy (non-hydrogen) atoms. The van der Waals surface area contributed by atoms with Crippen molar-refractivity contribution in [1.29, 1.82) is 0 Å². The van der Waals surface area contributed by atoms with Crippen LogP contribution in [-0.4, -0.2) is 87.4 Å². The molecule has 1 saturated carbocycles. The molecule has 0 N–H and O–H groups in total. The van der Waals surface area contributed by atoms with Gasteiger partial charge in [0.05, 0.1) is 23.1 Å². The van der Waals surface area contributed by atoms with Crippen LogP contribution < -0.4 is 0 Å². The third kappa shape index (κ3) is 6.60. The van der Waals surface area contributed by atoms with E-state index in [4.69, 9.17) is 21.4 Å². The number of nitrogens with zero attached hydrogens (tertiary/aromatic N) is 5. The maximum Gasteiger partial charge on any atom is 0.410 e. The number of carbonyl (C=O) groups excluding carboxylic acids is 2. The molecule has 3 heterocycles. The Kier molecular flexibility index (Phi) is 8.52. The van der Waals surface area contributed by atoms with Crippen LogP contribution in [0.25, 0.3) is 5.69 Å². The summed E-state index contributed by atoms with van der Waals surface area (Å²) in [5.74, 6) is 0.142. The van der Waals surface area contributed by atoms with Crippen LogP contribution in [0, 0.1) is 0 Å². The Labute approximate surface area is 237 Å². The fourth-order valence-electron chi connectivity index (χ4n) is 6.30. The fourth-order valence-corrected chi connectivity index (χ4v) is 6.48. The van der Waals surface area contributed by atoms with Crippen molar-refractivity contribution in [2.45, 2.75) is 83.3 Å². The maximum absolute atomic E-state index is 13.9. The van der Waals surface area contributed by atoms with Gasteiger partial charge in [-0.15, -0.1) is 0 Å². The first-order chi connectivity index (χ1) is 18.7. The highest BCUT2D eigenvalue weighted by Gasteiger charge is 2.34. The van der Waals surface area contributed by atoms with Gasteiger partial charge in [-0.2, -0.15) is 5.10 Å². The number of carbonyl (C=O) groups is 2. The molecule has 8 nitrogen and oxygen atoms in total. The molecule has 3 fully saturated rings. The van der Waals surface area contributed by atoms with E-state index in [-0.39, 0.29) is 17.9 Å². The average Bonchev–Trinajstić information content (AvgIpc) is 3.38. The van der Waals surface area contributed by atoms with Gasteiger partial charge in [0.2, 0.25) is 0 Å². The van der Waals surface area contributed by atoms with E-state index in [2.05, 4.69) is 4.90 Å². The van der Waals surface area contributed by atoms with E-state index in [9.17, 15) is 9.59 Å². The third-order valence-corrected chi connectivity index (χ3v) is 8.55. The third-order valence-electron chi connectivity index (χ3n) is 8.32. The molecule has 2 aliphatic heterocycles. The Hall–Kier alpha value is -2.58. The van der Waals surface area contributed by atoms with E-state index in [0.717, 1.165) is 50.4 Å². The number of rotatable bonds is 4. The first kappa shape index (κ1) is 28.0. The minimum absolute atomic E-state index is 0.0520. The van der Waals surface area contributed by atoms with Gasteiger partial charge >= 0.3 is 6.09 Å². The van der Waals surface area contributed by atoms with Crippen LogP contribution in [0.5, 0.6) is 0 Å². The van der Waals surface area contributed by atoms with Crippen LogP contribution in [0.1, 0.15) is 87.7 Å². The van der Waals surface area contributed by atoms with Crippen LogP contribution in [0.2, 0.25) is 5.02 Å². The van der Waals surface area contributed by atoms with Gasteiger partial charge in [0.1, 0.15) is 5.60 Å². The molecule has 3 aliphatic rings. The van der Waals surface area contributed by atoms with Gasteiger partial charge in [0.15, 0.2) is 0 Å². The van der Waals surface area contributed by atoms with Crippen molar-refractivity contribution in [3.63, 3.8) is 0 Å². The molecule has 2 saturated heterocycles. The SMILES string of the molecule is CC(C)(C)OC(=O)N1CCC(c2c(C(=O)N3CCN(C4CCCCC4)CC3)cnn2-c2cccc(Cl)c2)CC1. The summed E-state index contributed by atoms with van der Waals surface area (Å²) in [5, 5.41) is 5.33. The number of aromatic nitrogens is 2. The minimum Gasteiger partial charge on any atom is -0.444 e. The summed E-state index contributed by atoms with van der Waals surface area (Å²) >= 11 is 6.33. The topological polar surface area (TPSA) is 70.9 Å². The average molecular weight is 556 g/mol. The number of hydrogen-bond acceptors (Lipinski definition) is 5. The molecule has 0 spiro atoms. The number of halogens is 1. The predicted molar refractivity (Wildman–Crippen MR) is 153 cm³/mol. The van der Waals surface area contributed by atoms with E-state index in [0.29, 0.717) is 29.7 Å². The highest BCUT2D eigenvalue weighted by atomic mass is 35.5. The van der Waals surface area contributed by atoms with Gasteiger partial charge in [0, 0.05) is 56.3 Å². The summed E-state index contributed by atoms with van der Waals surface area (Å²) in [5.41, 5.74) is 1.89. The lowest BCUT2D eigenvalue weighted by molar-refractivity contribution is 0.0202. The Morgan fingerprint density at radius 2 is 1.62 bits per heavy atom. The smallest absolute Gasteiger partial charge is 0.410 e. The van der Waals surface area contributed by atoms with Crippen LogP contribution in [0.3, 0.4) is 0 Å². The Bertz CT molecular complexity index is 1150. The number of piperidine rings is 1. The molecule has 0 radical (unpaired) electrons. The molecule has 5 rings (SSSR count). The van der Waals surface area contributed by atoms with Crippen LogP contribution in [-0.2, 0) is 4.74 Å². The summed E-state index contributed by atoms with van der Waals surface area (Å²) in [6, 6.07) is 8.26. The van der Waals surface area contributed by atoms with Crippen molar-refractivity contribution in [1.82, 2.24) is 24.5 Å². The number of piperazine rings is 1. The second kappa shape index (κ2) is 11.9. The van der Waals surface area contributed by atoms with E-state index < -0.39 is 5.60 Å². The summed E-state index contributed by atoms with van der Waals surface area (Å²) in [4.78, 5) is 33.0. The molecule has 1 aliphatic carbocycles. The van der Waals surface area contributed by atoms with Gasteiger partial charge in [-0.05, 0) is 64.7 Å². The van der Waals surface area contributed by atoms with Gasteiger partial charge in [-0.1, -0.05) is 36.9 Å². The second-order valence-corrected chi connectivity index (χ2v) is 12.6. The summed E-state index contributed by atoms with van der Waals surface area (Å²) < 4.78 is 7.47. The molecule has 0 bridgehead atoms. The van der Waals surface area contributed by atoms with E-state index in [1.807, 2.05) is 54.6 Å². The maximum atomic E-state index is 13.9. The van der Waals surface area contributed by atoms with Crippen molar-refractivity contribution >= 4 is 23.6 Å². The normalized spacial score (nSPS) is 20.3. The highest BCUT2D eigenvalue weighted by molar-refractivity contribution is 6.30. The zero-order valence-electron chi connectivity index (χ0n) is 23.6. The van der Waals surface area contributed by atoms with Gasteiger partial charge < -0.3 is 14.5 Å². The Balaban J connectivity index is 1.34. The summed E-state index contributed by atoms with van der Waals surface area (Å²) in [7, 11) is 0. The molecule has 2 aromatic rings. The summed E-state index contributed by atoms with van der Waals surface area (Å²) in [6.45, 7) is 10.2. The number of hydrogen-bond donors (Lipinski definition) is 0. The van der Waals surface area contributed by atoms with Crippen LogP contribution in [0.4, 0.5) is 4.79 Å². The lowest BCUT2D eigenvalue weighted by Crippen LogP contribution is -2.52. The van der Waals surface area contributed by atoms with E-state index >= 15 is 0 Å². The van der Waals surface area contributed by atoms with Crippen molar-refractivity contribution in [2.24, 2.45) is 0 Å². The number of amides is 2. The molecule has 9 heteroatoms. The minimum atomic E-state index is -0.528. The van der Waals surface area contributed by atoms with Crippen molar-refractivity contribution in [2.75, 3.05) is 39.3 Å². The van der Waals surface area contributed by atoms with Crippen LogP contribution >= 0.6 is 11.6 Å². The molecular formula is C30H42ClN5O3. The van der Waals surface area contributed by atoms with Gasteiger partial charge in [-0.3, -0.25) is 9.69 Å². The molecule has 1 aromatic carbocycles. The predicted octanol–water partition coefficient (Wildman–Crippen LogP) is 5.73. The monoisotopic (exact) mass is 555 g/mol. The van der Waals surface area contributed by atoms with Gasteiger partial charge in [0.25, 0.3) is 5.91 Å². The lowest BCUT2D eigenvalue weighted by atomic mass is 9.90.